The fraction of sp³-hybridized carbons (Fsp3) is 0.500. The van der Waals surface area contributed by atoms with Gasteiger partial charge in [0.15, 0.2) is 17.1 Å². The molecule has 0 saturated carbocycles. The van der Waals surface area contributed by atoms with E-state index in [0.717, 1.165) is 11.1 Å². The Morgan fingerprint density at radius 3 is 2.61 bits per heavy atom. The summed E-state index contributed by atoms with van der Waals surface area (Å²) >= 11 is 0. The minimum Gasteiger partial charge on any atom is -0.493 e. The first-order valence-corrected chi connectivity index (χ1v) is 13.1. The number of carboxylic acid groups (broad SMARTS) is 1. The number of carbonyl (C=O) groups excluding carboxylic acids is 1. The van der Waals surface area contributed by atoms with Crippen molar-refractivity contribution in [3.63, 3.8) is 0 Å². The highest BCUT2D eigenvalue weighted by molar-refractivity contribution is 5.90. The van der Waals surface area contributed by atoms with Crippen molar-refractivity contribution in [2.24, 2.45) is 0 Å². The topological polar surface area (TPSA) is 180 Å². The van der Waals surface area contributed by atoms with Crippen molar-refractivity contribution in [3.05, 3.63) is 41.0 Å². The Morgan fingerprint density at radius 1 is 1.07 bits per heavy atom. The summed E-state index contributed by atoms with van der Waals surface area (Å²) in [6.07, 6.45) is -7.04. The van der Waals surface area contributed by atoms with Gasteiger partial charge in [0.05, 0.1) is 26.7 Å². The molecular formula is C28H30O13. The van der Waals surface area contributed by atoms with E-state index >= 15 is 0 Å². The molecule has 0 aromatic heterocycles. The number of methoxy groups -OCH3 is 2. The molecule has 41 heavy (non-hydrogen) atoms. The van der Waals surface area contributed by atoms with Crippen LogP contribution in [0.15, 0.2) is 24.3 Å². The number of aliphatic hydroxyl groups is 3. The van der Waals surface area contributed by atoms with Crippen LogP contribution in [0, 0.1) is 0 Å². The third kappa shape index (κ3) is 4.49. The van der Waals surface area contributed by atoms with Gasteiger partial charge in [-0.1, -0.05) is 6.07 Å². The number of rotatable bonds is 6. The number of benzene rings is 2. The van der Waals surface area contributed by atoms with Crippen LogP contribution >= 0.6 is 0 Å². The minimum atomic E-state index is -1.99. The molecule has 0 amide bonds. The largest absolute Gasteiger partial charge is 0.493 e. The second-order valence-electron chi connectivity index (χ2n) is 10.5. The van der Waals surface area contributed by atoms with Gasteiger partial charge >= 0.3 is 11.9 Å². The predicted molar refractivity (Wildman–Crippen MR) is 135 cm³/mol. The highest BCUT2D eigenvalue weighted by Gasteiger charge is 2.57. The molecule has 2 aromatic carbocycles. The first-order valence-electron chi connectivity index (χ1n) is 13.1. The Morgan fingerprint density at radius 2 is 1.88 bits per heavy atom. The predicted octanol–water partition coefficient (Wildman–Crippen LogP) is 0.834. The fourth-order valence-corrected chi connectivity index (χ4v) is 5.94. The lowest BCUT2D eigenvalue weighted by atomic mass is 9.82. The molecule has 1 saturated heterocycles. The van der Waals surface area contributed by atoms with E-state index < -0.39 is 55.2 Å². The van der Waals surface area contributed by atoms with E-state index in [1.807, 2.05) is 18.2 Å². The highest BCUT2D eigenvalue weighted by atomic mass is 16.7. The summed E-state index contributed by atoms with van der Waals surface area (Å²) in [6, 6.07) is 7.32. The Labute approximate surface area is 234 Å². The molecule has 0 bridgehead atoms. The molecule has 13 heteroatoms. The summed E-state index contributed by atoms with van der Waals surface area (Å²) < 4.78 is 40.2. The molecule has 4 N–H and O–H groups in total. The number of aliphatic carboxylic acids is 1. The summed E-state index contributed by atoms with van der Waals surface area (Å²) in [5.41, 5.74) is 0.427. The maximum absolute atomic E-state index is 11.7. The number of hydrogen-bond donors (Lipinski definition) is 4. The normalized spacial score (nSPS) is 30.9. The Kier molecular flexibility index (Phi) is 6.85. The maximum Gasteiger partial charge on any atom is 0.317 e. The van der Waals surface area contributed by atoms with Crippen LogP contribution in [0.4, 0.5) is 0 Å². The molecule has 7 atom stereocenters. The summed E-state index contributed by atoms with van der Waals surface area (Å²) in [4.78, 5) is 22.4. The number of aliphatic hydroxyl groups excluding tert-OH is 2. The van der Waals surface area contributed by atoms with Gasteiger partial charge in [-0.3, -0.25) is 9.59 Å². The Bertz CT molecular complexity index is 1380. The second-order valence-corrected chi connectivity index (χ2v) is 10.5. The van der Waals surface area contributed by atoms with Crippen molar-refractivity contribution in [2.45, 2.75) is 61.5 Å². The maximum atomic E-state index is 11.7. The van der Waals surface area contributed by atoms with E-state index in [9.17, 15) is 24.9 Å². The van der Waals surface area contributed by atoms with Gasteiger partial charge in [-0.05, 0) is 30.5 Å². The molecule has 2 aromatic rings. The van der Waals surface area contributed by atoms with E-state index in [4.69, 9.17) is 38.3 Å². The first kappa shape index (κ1) is 27.4. The van der Waals surface area contributed by atoms with Crippen LogP contribution in [0.5, 0.6) is 28.7 Å². The van der Waals surface area contributed by atoms with Gasteiger partial charge in [0.2, 0.25) is 12.0 Å². The molecule has 4 aliphatic rings. The van der Waals surface area contributed by atoms with Gasteiger partial charge in [-0.2, -0.15) is 0 Å². The van der Waals surface area contributed by atoms with Crippen molar-refractivity contribution < 1.29 is 63.2 Å². The van der Waals surface area contributed by atoms with Crippen molar-refractivity contribution in [1.82, 2.24) is 0 Å². The fourth-order valence-electron chi connectivity index (χ4n) is 5.94. The Balaban J connectivity index is 1.26. The van der Waals surface area contributed by atoms with E-state index in [0.29, 0.717) is 40.9 Å². The second kappa shape index (κ2) is 10.2. The third-order valence-electron chi connectivity index (χ3n) is 8.11. The van der Waals surface area contributed by atoms with E-state index in [2.05, 4.69) is 0 Å². The molecule has 4 heterocycles. The number of fused-ring (bicyclic) bond motifs is 7. The number of esters is 1. The van der Waals surface area contributed by atoms with Crippen molar-refractivity contribution in [3.8, 4) is 28.7 Å². The zero-order valence-electron chi connectivity index (χ0n) is 22.3. The lowest BCUT2D eigenvalue weighted by molar-refractivity contribution is -0.320. The van der Waals surface area contributed by atoms with E-state index in [1.165, 1.54) is 0 Å². The van der Waals surface area contributed by atoms with Crippen LogP contribution in [0.3, 0.4) is 0 Å². The summed E-state index contributed by atoms with van der Waals surface area (Å²) in [7, 11) is 3.10. The SMILES string of the molecule is COc1ccc2c(c1OC)O[C@@H]1c3cc4c(cc3OC[C@@H]21)O[C@H]1O[C@H](COC(=O)CC(=O)O)[C@@H](O)[C@H](O)[C@]1(O)CC4. The lowest BCUT2D eigenvalue weighted by Crippen LogP contribution is -2.67. The molecule has 0 aliphatic carbocycles. The molecule has 1 fully saturated rings. The van der Waals surface area contributed by atoms with Gasteiger partial charge in [0.1, 0.15) is 48.9 Å². The van der Waals surface area contributed by atoms with Crippen LogP contribution in [0.2, 0.25) is 0 Å². The van der Waals surface area contributed by atoms with E-state index in [1.54, 1.807) is 20.3 Å². The summed E-state index contributed by atoms with van der Waals surface area (Å²) in [6.45, 7) is -0.215. The zero-order valence-corrected chi connectivity index (χ0v) is 22.3. The quantitative estimate of drug-likeness (QED) is 0.282. The number of carbonyl (C=O) groups is 2. The number of hydrogen-bond acceptors (Lipinski definition) is 12. The molecule has 13 nitrogen and oxygen atoms in total. The third-order valence-corrected chi connectivity index (χ3v) is 8.11. The van der Waals surface area contributed by atoms with Crippen LogP contribution < -0.4 is 23.7 Å². The van der Waals surface area contributed by atoms with Crippen LogP contribution in [0.25, 0.3) is 0 Å². The molecular weight excluding hydrogens is 544 g/mol. The van der Waals surface area contributed by atoms with Gasteiger partial charge < -0.3 is 53.6 Å². The van der Waals surface area contributed by atoms with Gasteiger partial charge in [-0.15, -0.1) is 0 Å². The Hall–Kier alpha value is -3.78. The average Bonchev–Trinajstić information content (AvgIpc) is 3.27. The van der Waals surface area contributed by atoms with Gasteiger partial charge in [0.25, 0.3) is 0 Å². The molecule has 220 valence electrons. The number of aryl methyl sites for hydroxylation is 1. The lowest BCUT2D eigenvalue weighted by Gasteiger charge is -2.46. The monoisotopic (exact) mass is 574 g/mol. The van der Waals surface area contributed by atoms with Crippen LogP contribution in [-0.4, -0.2) is 90.0 Å². The first-order chi connectivity index (χ1) is 19.6. The highest BCUT2D eigenvalue weighted by Crippen LogP contribution is 2.57. The van der Waals surface area contributed by atoms with Crippen LogP contribution in [-0.2, 0) is 25.5 Å². The van der Waals surface area contributed by atoms with E-state index in [-0.39, 0.29) is 24.9 Å². The van der Waals surface area contributed by atoms with Crippen molar-refractivity contribution in [2.75, 3.05) is 27.4 Å². The van der Waals surface area contributed by atoms with Crippen LogP contribution in [0.1, 0.15) is 41.6 Å². The van der Waals surface area contributed by atoms with Crippen molar-refractivity contribution in [1.29, 1.82) is 0 Å². The molecule has 0 radical (unpaired) electrons. The standard InChI is InChI=1S/C28H30O13/c1-35-16-4-3-13-15-10-37-18-8-17-12(7-14(18)23(15)41-24(13)25(16)36-2)5-6-28(34)26(33)22(32)19(40-27(28)39-17)11-38-21(31)9-20(29)30/h3-4,7-8,15,19,22-23,26-27,32-34H,5-6,9-11H2,1-2H3,(H,29,30)/t15-,19+,22+,23+,26-,27-,28+/m0/s1. The minimum absolute atomic E-state index is 0.0196. The van der Waals surface area contributed by atoms with Gasteiger partial charge in [0, 0.05) is 17.2 Å². The molecule has 4 aliphatic heterocycles. The van der Waals surface area contributed by atoms with Gasteiger partial charge in [-0.25, -0.2) is 0 Å². The number of carboxylic acids is 1. The summed E-state index contributed by atoms with van der Waals surface area (Å²) in [5.74, 6) is -0.00542. The molecule has 0 spiro atoms. The average molecular weight is 575 g/mol. The molecule has 6 rings (SSSR count). The zero-order chi connectivity index (χ0) is 29.1. The smallest absolute Gasteiger partial charge is 0.317 e. The van der Waals surface area contributed by atoms with Crippen molar-refractivity contribution >= 4 is 11.9 Å². The summed E-state index contributed by atoms with van der Waals surface area (Å²) in [5, 5.41) is 41.7. The molecule has 0 unspecified atom stereocenters. The number of ether oxygens (including phenoxy) is 7.